The highest BCUT2D eigenvalue weighted by molar-refractivity contribution is 7.10. The van der Waals surface area contributed by atoms with Crippen LogP contribution in [-0.2, 0) is 4.79 Å². The number of aromatic nitrogens is 1. The molecule has 23 heavy (non-hydrogen) atoms. The summed E-state index contributed by atoms with van der Waals surface area (Å²) in [6.07, 6.45) is 4.24. The monoisotopic (exact) mass is 328 g/mol. The molecule has 1 atom stereocenters. The molecule has 0 aliphatic rings. The lowest BCUT2D eigenvalue weighted by Crippen LogP contribution is -2.19. The van der Waals surface area contributed by atoms with Crippen molar-refractivity contribution in [3.63, 3.8) is 0 Å². The zero-order valence-electron chi connectivity index (χ0n) is 12.7. The minimum Gasteiger partial charge on any atom is -0.346 e. The van der Waals surface area contributed by atoms with Crippen LogP contribution in [0.1, 0.15) is 22.9 Å². The summed E-state index contributed by atoms with van der Waals surface area (Å²) < 4.78 is 15.2. The van der Waals surface area contributed by atoms with Crippen molar-refractivity contribution >= 4 is 22.9 Å². The van der Waals surface area contributed by atoms with Crippen molar-refractivity contribution in [3.8, 4) is 0 Å². The van der Waals surface area contributed by atoms with E-state index in [1.807, 2.05) is 46.6 Å². The topological polar surface area (TPSA) is 34.0 Å². The number of nitrogens with zero attached hydrogens (tertiary/aromatic N) is 1. The van der Waals surface area contributed by atoms with E-state index in [4.69, 9.17) is 0 Å². The van der Waals surface area contributed by atoms with E-state index in [1.54, 1.807) is 24.3 Å². The number of hydrogen-bond donors (Lipinski definition) is 1. The largest absolute Gasteiger partial charge is 0.346 e. The number of benzene rings is 1. The zero-order valence-corrected chi connectivity index (χ0v) is 13.5. The maximum atomic E-state index is 13.2. The van der Waals surface area contributed by atoms with Crippen LogP contribution in [0.15, 0.2) is 60.2 Å². The number of thiophene rings is 1. The molecule has 3 nitrogen and oxygen atoms in total. The molecule has 5 heteroatoms. The molecule has 1 unspecified atom stereocenters. The Morgan fingerprint density at radius 3 is 2.70 bits per heavy atom. The molecule has 3 rings (SSSR count). The Balaban J connectivity index is 1.76. The van der Waals surface area contributed by atoms with Crippen molar-refractivity contribution in [2.24, 2.45) is 0 Å². The molecule has 1 aromatic carbocycles. The van der Waals surface area contributed by atoms with E-state index in [0.29, 0.717) is 17.7 Å². The van der Waals surface area contributed by atoms with Gasteiger partial charge in [0.1, 0.15) is 5.82 Å². The summed E-state index contributed by atoms with van der Waals surface area (Å²) in [6.45, 7) is 1.78. The van der Waals surface area contributed by atoms with E-state index in [2.05, 4.69) is 5.32 Å². The Morgan fingerprint density at radius 1 is 1.26 bits per heavy atom. The Hall–Kier alpha value is -2.40. The molecular formula is C18H17FN2OS. The standard InChI is InChI=1S/C18H17FN2OS/c1-13-11-14(19)6-7-15(13)20-18(22)12-16(17-5-4-10-23-17)21-8-2-3-9-21/h2-11,16H,12H2,1H3,(H,20,22). The van der Waals surface area contributed by atoms with Crippen LogP contribution < -0.4 is 5.32 Å². The predicted molar refractivity (Wildman–Crippen MR) is 91.3 cm³/mol. The number of anilines is 1. The smallest absolute Gasteiger partial charge is 0.226 e. The van der Waals surface area contributed by atoms with Gasteiger partial charge in [-0.2, -0.15) is 0 Å². The van der Waals surface area contributed by atoms with Crippen molar-refractivity contribution < 1.29 is 9.18 Å². The summed E-state index contributed by atoms with van der Waals surface area (Å²) >= 11 is 1.63. The zero-order chi connectivity index (χ0) is 16.2. The van der Waals surface area contributed by atoms with Gasteiger partial charge in [0.25, 0.3) is 0 Å². The van der Waals surface area contributed by atoms with Gasteiger partial charge in [-0.05, 0) is 54.3 Å². The molecule has 0 aliphatic carbocycles. The van der Waals surface area contributed by atoms with Gasteiger partial charge in [-0.15, -0.1) is 11.3 Å². The second kappa shape index (κ2) is 6.79. The molecule has 2 heterocycles. The van der Waals surface area contributed by atoms with Gasteiger partial charge in [0.15, 0.2) is 0 Å². The molecule has 0 aliphatic heterocycles. The lowest BCUT2D eigenvalue weighted by Gasteiger charge is -2.18. The first-order valence-corrected chi connectivity index (χ1v) is 8.23. The predicted octanol–water partition coefficient (Wildman–Crippen LogP) is 4.62. The van der Waals surface area contributed by atoms with Crippen molar-refractivity contribution in [3.05, 3.63) is 76.5 Å². The van der Waals surface area contributed by atoms with Gasteiger partial charge in [-0.25, -0.2) is 4.39 Å². The van der Waals surface area contributed by atoms with E-state index in [-0.39, 0.29) is 17.8 Å². The molecule has 2 aromatic heterocycles. The SMILES string of the molecule is Cc1cc(F)ccc1NC(=O)CC(c1cccs1)n1cccc1. The van der Waals surface area contributed by atoms with Gasteiger partial charge < -0.3 is 9.88 Å². The maximum Gasteiger partial charge on any atom is 0.226 e. The van der Waals surface area contributed by atoms with E-state index >= 15 is 0 Å². The minimum atomic E-state index is -0.302. The molecule has 0 bridgehead atoms. The number of nitrogens with one attached hydrogen (secondary N) is 1. The third kappa shape index (κ3) is 3.68. The minimum absolute atomic E-state index is 0.0363. The van der Waals surface area contributed by atoms with Crippen LogP contribution in [0.3, 0.4) is 0 Å². The Morgan fingerprint density at radius 2 is 2.04 bits per heavy atom. The highest BCUT2D eigenvalue weighted by Gasteiger charge is 2.18. The lowest BCUT2D eigenvalue weighted by molar-refractivity contribution is -0.116. The number of hydrogen-bond acceptors (Lipinski definition) is 2. The van der Waals surface area contributed by atoms with Crippen LogP contribution >= 0.6 is 11.3 Å². The average molecular weight is 328 g/mol. The first-order chi connectivity index (χ1) is 11.1. The molecule has 0 radical (unpaired) electrons. The molecule has 118 valence electrons. The summed E-state index contributed by atoms with van der Waals surface area (Å²) in [7, 11) is 0. The van der Waals surface area contributed by atoms with Crippen LogP contribution in [0.4, 0.5) is 10.1 Å². The van der Waals surface area contributed by atoms with Gasteiger partial charge in [0, 0.05) is 23.0 Å². The van der Waals surface area contributed by atoms with E-state index in [9.17, 15) is 9.18 Å². The maximum absolute atomic E-state index is 13.2. The number of rotatable bonds is 5. The molecule has 3 aromatic rings. The fourth-order valence-electron chi connectivity index (χ4n) is 2.53. The van der Waals surface area contributed by atoms with Crippen molar-refractivity contribution in [2.75, 3.05) is 5.32 Å². The van der Waals surface area contributed by atoms with E-state index in [1.165, 1.54) is 12.1 Å². The first-order valence-electron chi connectivity index (χ1n) is 7.35. The third-order valence-corrected chi connectivity index (χ3v) is 4.67. The number of carbonyl (C=O) groups excluding carboxylic acids is 1. The highest BCUT2D eigenvalue weighted by atomic mass is 32.1. The summed E-state index contributed by atoms with van der Waals surface area (Å²) in [4.78, 5) is 13.6. The summed E-state index contributed by atoms with van der Waals surface area (Å²) in [5, 5.41) is 4.89. The molecule has 0 saturated heterocycles. The fraction of sp³-hybridized carbons (Fsp3) is 0.167. The number of carbonyl (C=O) groups is 1. The Kier molecular flexibility index (Phi) is 4.57. The normalized spacial score (nSPS) is 12.1. The summed E-state index contributed by atoms with van der Waals surface area (Å²) in [5.41, 5.74) is 1.36. The number of amides is 1. The molecule has 1 N–H and O–H groups in total. The van der Waals surface area contributed by atoms with Crippen molar-refractivity contribution in [1.29, 1.82) is 0 Å². The number of aryl methyl sites for hydroxylation is 1. The summed E-state index contributed by atoms with van der Waals surface area (Å²) in [6, 6.07) is 12.2. The quantitative estimate of drug-likeness (QED) is 0.729. The van der Waals surface area contributed by atoms with Crippen LogP contribution in [-0.4, -0.2) is 10.5 Å². The molecule has 0 fully saturated rings. The third-order valence-electron chi connectivity index (χ3n) is 3.70. The van der Waals surface area contributed by atoms with Crippen LogP contribution in [0, 0.1) is 12.7 Å². The van der Waals surface area contributed by atoms with Crippen molar-refractivity contribution in [2.45, 2.75) is 19.4 Å². The van der Waals surface area contributed by atoms with Gasteiger partial charge in [-0.1, -0.05) is 6.07 Å². The van der Waals surface area contributed by atoms with Crippen LogP contribution in [0.2, 0.25) is 0 Å². The molecule has 1 amide bonds. The first kappa shape index (κ1) is 15.5. The van der Waals surface area contributed by atoms with Crippen LogP contribution in [0.25, 0.3) is 0 Å². The van der Waals surface area contributed by atoms with E-state index in [0.717, 1.165) is 4.88 Å². The van der Waals surface area contributed by atoms with Crippen molar-refractivity contribution in [1.82, 2.24) is 4.57 Å². The fourth-order valence-corrected chi connectivity index (χ4v) is 3.37. The van der Waals surface area contributed by atoms with Gasteiger partial charge in [0.05, 0.1) is 12.5 Å². The summed E-state index contributed by atoms with van der Waals surface area (Å²) in [5.74, 6) is -0.392. The Labute approximate surface area is 138 Å². The lowest BCUT2D eigenvalue weighted by atomic mass is 10.1. The van der Waals surface area contributed by atoms with Gasteiger partial charge in [-0.3, -0.25) is 4.79 Å². The Bertz CT molecular complexity index is 747. The average Bonchev–Trinajstić information content (AvgIpc) is 3.21. The molecule has 0 saturated carbocycles. The number of halogens is 1. The highest BCUT2D eigenvalue weighted by Crippen LogP contribution is 2.27. The second-order valence-electron chi connectivity index (χ2n) is 5.37. The molecule has 0 spiro atoms. The molecular weight excluding hydrogens is 311 g/mol. The van der Waals surface area contributed by atoms with Crippen LogP contribution in [0.5, 0.6) is 0 Å². The second-order valence-corrected chi connectivity index (χ2v) is 6.35. The van der Waals surface area contributed by atoms with Gasteiger partial charge in [0.2, 0.25) is 5.91 Å². The van der Waals surface area contributed by atoms with Gasteiger partial charge >= 0.3 is 0 Å². The van der Waals surface area contributed by atoms with E-state index < -0.39 is 0 Å².